The number of primary amides is 1. The fourth-order valence-corrected chi connectivity index (χ4v) is 5.82. The zero-order valence-electron chi connectivity index (χ0n) is 23.5. The molecule has 0 radical (unpaired) electrons. The van der Waals surface area contributed by atoms with E-state index in [-0.39, 0.29) is 39.5 Å². The number of nitrogens with two attached hydrogens (primary N) is 1. The monoisotopic (exact) mass is 607 g/mol. The summed E-state index contributed by atoms with van der Waals surface area (Å²) in [7, 11) is 1.42. The summed E-state index contributed by atoms with van der Waals surface area (Å²) in [6.07, 6.45) is 8.14. The number of amides is 1. The van der Waals surface area contributed by atoms with Crippen molar-refractivity contribution in [2.24, 2.45) is 17.1 Å². The van der Waals surface area contributed by atoms with Crippen LogP contribution in [0.2, 0.25) is 0 Å². The molecule has 2 atom stereocenters. The summed E-state index contributed by atoms with van der Waals surface area (Å²) in [6, 6.07) is 7.90. The van der Waals surface area contributed by atoms with Gasteiger partial charge in [-0.3, -0.25) is 9.59 Å². The number of rotatable bonds is 8. The third kappa shape index (κ3) is 7.69. The number of benzene rings is 1. The highest BCUT2D eigenvalue weighted by Crippen LogP contribution is 2.60. The third-order valence-electron chi connectivity index (χ3n) is 8.13. The van der Waals surface area contributed by atoms with E-state index < -0.39 is 12.7 Å². The van der Waals surface area contributed by atoms with Gasteiger partial charge in [0.25, 0.3) is 5.91 Å². The van der Waals surface area contributed by atoms with Crippen LogP contribution in [-0.2, 0) is 9.53 Å². The lowest BCUT2D eigenvalue weighted by molar-refractivity contribution is -0.154. The Morgan fingerprint density at radius 1 is 1.05 bits per heavy atom. The molecule has 1 amide bonds. The fourth-order valence-electron chi connectivity index (χ4n) is 5.82. The van der Waals surface area contributed by atoms with Crippen molar-refractivity contribution in [1.82, 2.24) is 9.97 Å². The number of esters is 1. The van der Waals surface area contributed by atoms with Crippen molar-refractivity contribution in [2.75, 3.05) is 48.1 Å². The first kappa shape index (κ1) is 34.8. The van der Waals surface area contributed by atoms with E-state index in [2.05, 4.69) is 25.1 Å². The summed E-state index contributed by atoms with van der Waals surface area (Å²) in [6.45, 7) is 2.80. The maximum atomic E-state index is 12.3. The second-order valence-corrected chi connectivity index (χ2v) is 10.4. The Kier molecular flexibility index (Phi) is 13.0. The number of carbonyl (C=O) groups excluding carboxylic acids is 2. The topological polar surface area (TPSA) is 241 Å². The maximum Gasteiger partial charge on any atom is 0.311 e. The Morgan fingerprint density at radius 2 is 1.67 bits per heavy atom. The number of anilines is 4. The van der Waals surface area contributed by atoms with Gasteiger partial charge in [-0.05, 0) is 71.3 Å². The number of piperidine rings is 1. The molecule has 2 aromatic rings. The first-order chi connectivity index (χ1) is 19.4. The summed E-state index contributed by atoms with van der Waals surface area (Å²) in [5, 5.41) is 19.9. The van der Waals surface area contributed by atoms with Gasteiger partial charge in [0.1, 0.15) is 17.1 Å². The molecule has 0 bridgehead atoms. The van der Waals surface area contributed by atoms with Gasteiger partial charge in [-0.15, -0.1) is 0 Å². The Bertz CT molecular complexity index is 1200. The second kappa shape index (κ2) is 15.7. The first-order valence-corrected chi connectivity index (χ1v) is 14.1. The Hall–Kier alpha value is -3.42. The van der Waals surface area contributed by atoms with Gasteiger partial charge in [-0.2, -0.15) is 4.98 Å². The number of hydrogen-bond acceptors (Lipinski definition) is 11. The summed E-state index contributed by atoms with van der Waals surface area (Å²) >= 11 is 0. The normalized spacial score (nSPS) is 18.7. The van der Waals surface area contributed by atoms with E-state index in [1.807, 2.05) is 24.3 Å². The van der Waals surface area contributed by atoms with Crippen LogP contribution in [0, 0.1) is 16.7 Å². The molecular weight excluding hydrogens is 565 g/mol. The van der Waals surface area contributed by atoms with E-state index in [0.29, 0.717) is 11.8 Å². The van der Waals surface area contributed by atoms with E-state index in [1.165, 1.54) is 22.3 Å². The van der Waals surface area contributed by atoms with E-state index in [0.717, 1.165) is 75.9 Å². The third-order valence-corrected chi connectivity index (χ3v) is 8.13. The highest BCUT2D eigenvalue weighted by molar-refractivity contribution is 7.08. The minimum absolute atomic E-state index is 0. The highest BCUT2D eigenvalue weighted by Gasteiger charge is 2.59. The number of aliphatic hydroxyl groups excluding tert-OH is 1. The van der Waals surface area contributed by atoms with Gasteiger partial charge >= 0.3 is 5.97 Å². The number of ether oxygens (including phenoxy) is 1. The number of carbonyl (C=O) groups is 2. The predicted octanol–water partition coefficient (Wildman–Crippen LogP) is 0.916. The molecule has 5 rings (SSSR count). The summed E-state index contributed by atoms with van der Waals surface area (Å²) in [5.74, 6) is -0.277. The molecule has 3 aliphatic rings. The van der Waals surface area contributed by atoms with Crippen LogP contribution in [0.1, 0.15) is 61.0 Å². The van der Waals surface area contributed by atoms with Crippen molar-refractivity contribution in [3.8, 4) is 0 Å². The van der Waals surface area contributed by atoms with Crippen LogP contribution in [0.3, 0.4) is 0 Å². The molecule has 15 heteroatoms. The molecule has 2 unspecified atom stereocenters. The fraction of sp³-hybridized carbons (Fsp3) is 0.519. The van der Waals surface area contributed by atoms with Crippen LogP contribution in [0.25, 0.3) is 0 Å². The molecule has 1 saturated carbocycles. The molecule has 3 fully saturated rings. The minimum Gasteiger partial charge on any atom is -0.438 e. The van der Waals surface area contributed by atoms with Crippen molar-refractivity contribution < 1.29 is 35.3 Å². The molecular formula is C27H42N7O7P. The molecule has 1 spiro atoms. The van der Waals surface area contributed by atoms with Gasteiger partial charge in [0.15, 0.2) is 6.79 Å². The zero-order chi connectivity index (χ0) is 28.7. The van der Waals surface area contributed by atoms with E-state index >= 15 is 0 Å². The molecule has 14 nitrogen and oxygen atoms in total. The molecule has 10 N–H and O–H groups in total. The smallest absolute Gasteiger partial charge is 0.311 e. The quantitative estimate of drug-likeness (QED) is 0.123. The number of nitrogens with zero attached hydrogens (tertiary/aromatic N) is 4. The zero-order valence-corrected chi connectivity index (χ0v) is 24.7. The SMILES string of the molecule is N=Cc1nc(N2CCCCCC2)nc(Nc2ccc(N3CCC4(CC3)CC4C(=O)OCO)cc2)c1C(N)=O.O.O.OP. The van der Waals surface area contributed by atoms with Crippen molar-refractivity contribution in [3.05, 3.63) is 35.5 Å². The summed E-state index contributed by atoms with van der Waals surface area (Å²) < 4.78 is 4.79. The van der Waals surface area contributed by atoms with Gasteiger partial charge in [-0.25, -0.2) is 4.98 Å². The predicted molar refractivity (Wildman–Crippen MR) is 163 cm³/mol. The van der Waals surface area contributed by atoms with Gasteiger partial charge in [0, 0.05) is 43.8 Å². The van der Waals surface area contributed by atoms with Crippen molar-refractivity contribution in [1.29, 1.82) is 5.41 Å². The van der Waals surface area contributed by atoms with Gasteiger partial charge < -0.3 is 51.9 Å². The molecule has 3 heterocycles. The molecule has 232 valence electrons. The lowest BCUT2D eigenvalue weighted by atomic mass is 9.90. The molecule has 1 aromatic heterocycles. The molecule has 2 saturated heterocycles. The van der Waals surface area contributed by atoms with Gasteiger partial charge in [-0.1, -0.05) is 12.8 Å². The van der Waals surface area contributed by atoms with Gasteiger partial charge in [0.05, 0.1) is 5.92 Å². The Morgan fingerprint density at radius 3 is 2.21 bits per heavy atom. The van der Waals surface area contributed by atoms with E-state index in [1.54, 1.807) is 0 Å². The van der Waals surface area contributed by atoms with E-state index in [4.69, 9.17) is 25.9 Å². The standard InChI is InChI=1S/C27H35N7O4.H3OP.2H2O/c28-16-21-22(23(29)36)24(32-26(31-21)34-11-3-1-2-4-12-34)30-18-5-7-19(8-6-18)33-13-9-27(10-14-33)15-20(27)25(37)38-17-35;1-2;;/h5-8,16,20,28,35H,1-4,9-15,17H2,(H2,29,36)(H,30,31,32);1H,2H2;2*1H2. The van der Waals surface area contributed by atoms with Crippen LogP contribution in [-0.4, -0.2) is 82.0 Å². The molecule has 2 aliphatic heterocycles. The van der Waals surface area contributed by atoms with Crippen LogP contribution in [0.15, 0.2) is 24.3 Å². The summed E-state index contributed by atoms with van der Waals surface area (Å²) in [4.78, 5) is 44.8. The minimum atomic E-state index is -0.687. The number of aromatic nitrogens is 2. The maximum absolute atomic E-state index is 12.3. The van der Waals surface area contributed by atoms with Crippen molar-refractivity contribution in [3.63, 3.8) is 0 Å². The Labute approximate surface area is 247 Å². The van der Waals surface area contributed by atoms with Crippen molar-refractivity contribution in [2.45, 2.75) is 44.9 Å². The number of aliphatic hydroxyl groups is 1. The number of nitrogens with one attached hydrogen (secondary N) is 2. The highest BCUT2D eigenvalue weighted by atomic mass is 31.0. The van der Waals surface area contributed by atoms with Crippen molar-refractivity contribution >= 4 is 50.7 Å². The largest absolute Gasteiger partial charge is 0.438 e. The average Bonchev–Trinajstić information content (AvgIpc) is 3.74. The lowest BCUT2D eigenvalue weighted by Gasteiger charge is -2.34. The van der Waals surface area contributed by atoms with Crippen LogP contribution < -0.4 is 20.9 Å². The second-order valence-electron chi connectivity index (χ2n) is 10.4. The molecule has 42 heavy (non-hydrogen) atoms. The Balaban J connectivity index is 0.00000151. The number of hydrogen-bond donors (Lipinski definition) is 5. The summed E-state index contributed by atoms with van der Waals surface area (Å²) in [5.41, 5.74) is 7.80. The van der Waals surface area contributed by atoms with Crippen LogP contribution in [0.4, 0.5) is 23.1 Å². The van der Waals surface area contributed by atoms with Crippen LogP contribution in [0.5, 0.6) is 0 Å². The van der Waals surface area contributed by atoms with Crippen LogP contribution >= 0.6 is 9.47 Å². The van der Waals surface area contributed by atoms with E-state index in [9.17, 15) is 9.59 Å². The molecule has 1 aromatic carbocycles. The molecule has 1 aliphatic carbocycles. The average molecular weight is 608 g/mol. The first-order valence-electron chi connectivity index (χ1n) is 13.6. The lowest BCUT2D eigenvalue weighted by Crippen LogP contribution is -2.35. The van der Waals surface area contributed by atoms with Gasteiger partial charge in [0.2, 0.25) is 5.95 Å².